The van der Waals surface area contributed by atoms with Gasteiger partial charge < -0.3 is 10.2 Å². The lowest BCUT2D eigenvalue weighted by molar-refractivity contribution is -0.133. The Morgan fingerprint density at radius 2 is 1.80 bits per heavy atom. The summed E-state index contributed by atoms with van der Waals surface area (Å²) < 4.78 is 0. The average molecular weight is 493 g/mol. The summed E-state index contributed by atoms with van der Waals surface area (Å²) in [5.74, 6) is 0.178. The highest BCUT2D eigenvalue weighted by atomic mass is 32.1. The van der Waals surface area contributed by atoms with Crippen molar-refractivity contribution in [1.82, 2.24) is 15.1 Å². The van der Waals surface area contributed by atoms with Crippen molar-refractivity contribution in [2.24, 2.45) is 11.3 Å². The topological polar surface area (TPSA) is 75.2 Å². The number of anilines is 1. The van der Waals surface area contributed by atoms with Gasteiger partial charge in [0.25, 0.3) is 0 Å². The van der Waals surface area contributed by atoms with Crippen LogP contribution in [0.25, 0.3) is 10.6 Å². The summed E-state index contributed by atoms with van der Waals surface area (Å²) in [6.45, 7) is 11.6. The van der Waals surface area contributed by atoms with Crippen molar-refractivity contribution >= 4 is 28.3 Å². The second kappa shape index (κ2) is 12.1. The van der Waals surface area contributed by atoms with E-state index in [1.807, 2.05) is 61.5 Å². The maximum Gasteiger partial charge on any atom is 0.227 e. The van der Waals surface area contributed by atoms with E-state index in [-0.39, 0.29) is 29.6 Å². The molecule has 1 aromatic heterocycles. The zero-order valence-electron chi connectivity index (χ0n) is 21.4. The minimum atomic E-state index is -0.175. The van der Waals surface area contributed by atoms with Gasteiger partial charge in [-0.3, -0.25) is 9.59 Å². The lowest BCUT2D eigenvalue weighted by Crippen LogP contribution is -2.34. The quantitative estimate of drug-likeness (QED) is 0.359. The number of aromatic nitrogens is 2. The summed E-state index contributed by atoms with van der Waals surface area (Å²) in [6, 6.07) is 17.9. The van der Waals surface area contributed by atoms with Gasteiger partial charge in [-0.1, -0.05) is 93.1 Å². The van der Waals surface area contributed by atoms with Crippen LogP contribution in [0.3, 0.4) is 0 Å². The maximum atomic E-state index is 13.2. The lowest BCUT2D eigenvalue weighted by atomic mass is 9.84. The zero-order chi connectivity index (χ0) is 25.4. The molecule has 0 aliphatic rings. The van der Waals surface area contributed by atoms with Gasteiger partial charge in [0.1, 0.15) is 5.01 Å². The molecule has 1 N–H and O–H groups in total. The van der Waals surface area contributed by atoms with E-state index >= 15 is 0 Å². The van der Waals surface area contributed by atoms with E-state index in [0.29, 0.717) is 24.6 Å². The maximum absolute atomic E-state index is 13.2. The molecule has 3 aromatic rings. The average Bonchev–Trinajstić information content (AvgIpc) is 3.24. The van der Waals surface area contributed by atoms with Crippen LogP contribution < -0.4 is 5.32 Å². The summed E-state index contributed by atoms with van der Waals surface area (Å²) in [4.78, 5) is 27.7. The smallest absolute Gasteiger partial charge is 0.227 e. The van der Waals surface area contributed by atoms with Crippen LogP contribution in [-0.4, -0.2) is 33.5 Å². The molecule has 0 fully saturated rings. The first kappa shape index (κ1) is 26.5. The number of hydrogen-bond donors (Lipinski definition) is 1. The van der Waals surface area contributed by atoms with E-state index < -0.39 is 0 Å². The van der Waals surface area contributed by atoms with Crippen molar-refractivity contribution in [3.8, 4) is 10.6 Å². The van der Waals surface area contributed by atoms with Crippen LogP contribution >= 0.6 is 11.3 Å². The first-order valence-corrected chi connectivity index (χ1v) is 12.9. The fourth-order valence-electron chi connectivity index (χ4n) is 4.23. The highest BCUT2D eigenvalue weighted by molar-refractivity contribution is 7.18. The molecule has 0 radical (unpaired) electrons. The van der Waals surface area contributed by atoms with E-state index in [1.165, 1.54) is 11.3 Å². The number of amides is 2. The van der Waals surface area contributed by atoms with Gasteiger partial charge in [-0.05, 0) is 36.3 Å². The minimum absolute atomic E-state index is 0.0797. The molecule has 1 heterocycles. The van der Waals surface area contributed by atoms with E-state index in [4.69, 9.17) is 0 Å². The van der Waals surface area contributed by atoms with Crippen molar-refractivity contribution in [1.29, 1.82) is 0 Å². The van der Waals surface area contributed by atoms with Crippen LogP contribution in [0.15, 0.2) is 54.6 Å². The number of nitrogens with zero attached hydrogens (tertiary/aromatic N) is 3. The van der Waals surface area contributed by atoms with Crippen molar-refractivity contribution in [2.75, 3.05) is 11.9 Å². The number of aryl methyl sites for hydroxylation is 1. The molecule has 1 unspecified atom stereocenters. The van der Waals surface area contributed by atoms with Gasteiger partial charge in [-0.25, -0.2) is 0 Å². The number of benzene rings is 2. The Bertz CT molecular complexity index is 1120. The number of nitrogens with one attached hydrogen (secondary N) is 1. The SMILES string of the molecule is Cc1cccc(-c2nnc(NC(=O)CCN(Cc3ccccc3)C(=O)CC(C)CC(C)(C)C)s2)c1. The van der Waals surface area contributed by atoms with E-state index in [2.05, 4.69) is 43.2 Å². The Labute approximate surface area is 212 Å². The first-order chi connectivity index (χ1) is 16.6. The summed E-state index contributed by atoms with van der Waals surface area (Å²) in [7, 11) is 0. The summed E-state index contributed by atoms with van der Waals surface area (Å²) in [5, 5.41) is 12.4. The first-order valence-electron chi connectivity index (χ1n) is 12.1. The van der Waals surface area contributed by atoms with E-state index in [0.717, 1.165) is 28.1 Å². The Balaban J connectivity index is 1.60. The molecule has 0 bridgehead atoms. The van der Waals surface area contributed by atoms with Gasteiger partial charge >= 0.3 is 0 Å². The predicted molar refractivity (Wildman–Crippen MR) is 143 cm³/mol. The zero-order valence-corrected chi connectivity index (χ0v) is 22.2. The van der Waals surface area contributed by atoms with Crippen molar-refractivity contribution in [2.45, 2.75) is 60.4 Å². The molecule has 6 nitrogen and oxygen atoms in total. The molecule has 2 amide bonds. The van der Waals surface area contributed by atoms with Gasteiger partial charge in [0.15, 0.2) is 0 Å². The van der Waals surface area contributed by atoms with Gasteiger partial charge in [0, 0.05) is 31.5 Å². The molecule has 0 aliphatic carbocycles. The normalized spacial score (nSPS) is 12.3. The van der Waals surface area contributed by atoms with Gasteiger partial charge in [-0.2, -0.15) is 0 Å². The Hall–Kier alpha value is -3.06. The number of carbonyl (C=O) groups excluding carboxylic acids is 2. The molecule has 186 valence electrons. The molecule has 3 rings (SSSR count). The van der Waals surface area contributed by atoms with Gasteiger partial charge in [-0.15, -0.1) is 10.2 Å². The van der Waals surface area contributed by atoms with Crippen molar-refractivity contribution < 1.29 is 9.59 Å². The third-order valence-electron chi connectivity index (χ3n) is 5.60. The third kappa shape index (κ3) is 8.91. The highest BCUT2D eigenvalue weighted by Gasteiger charge is 2.22. The summed E-state index contributed by atoms with van der Waals surface area (Å²) in [5.41, 5.74) is 3.34. The molecule has 1 atom stereocenters. The van der Waals surface area contributed by atoms with Crippen molar-refractivity contribution in [3.05, 3.63) is 65.7 Å². The highest BCUT2D eigenvalue weighted by Crippen LogP contribution is 2.28. The van der Waals surface area contributed by atoms with Crippen LogP contribution in [0.1, 0.15) is 58.1 Å². The van der Waals surface area contributed by atoms with Gasteiger partial charge in [0.05, 0.1) is 0 Å². The Morgan fingerprint density at radius 3 is 2.49 bits per heavy atom. The molecule has 0 saturated carbocycles. The van der Waals surface area contributed by atoms with E-state index in [9.17, 15) is 9.59 Å². The molecule has 0 aliphatic heterocycles. The Kier molecular flexibility index (Phi) is 9.15. The fourth-order valence-corrected chi connectivity index (χ4v) is 4.98. The van der Waals surface area contributed by atoms with Gasteiger partial charge in [0.2, 0.25) is 16.9 Å². The third-order valence-corrected chi connectivity index (χ3v) is 6.49. The molecule has 0 spiro atoms. The van der Waals surface area contributed by atoms with Crippen LogP contribution in [0, 0.1) is 18.3 Å². The van der Waals surface area contributed by atoms with Crippen molar-refractivity contribution in [3.63, 3.8) is 0 Å². The molecule has 35 heavy (non-hydrogen) atoms. The number of rotatable bonds is 10. The predicted octanol–water partition coefficient (Wildman–Crippen LogP) is 6.33. The summed E-state index contributed by atoms with van der Waals surface area (Å²) in [6.07, 6.45) is 1.65. The second-order valence-corrected chi connectivity index (χ2v) is 11.4. The van der Waals surface area contributed by atoms with E-state index in [1.54, 1.807) is 4.90 Å². The standard InChI is InChI=1S/C28H36N4O2S/c1-20-10-9-13-23(16-20)26-30-31-27(35-26)29-24(33)14-15-32(19-22-11-7-6-8-12-22)25(34)17-21(2)18-28(3,4)5/h6-13,16,21H,14-15,17-19H2,1-5H3,(H,29,31,33). The molecule has 2 aromatic carbocycles. The second-order valence-electron chi connectivity index (χ2n) is 10.5. The van der Waals surface area contributed by atoms with Crippen LogP contribution in [0.4, 0.5) is 5.13 Å². The molecular weight excluding hydrogens is 456 g/mol. The monoisotopic (exact) mass is 492 g/mol. The summed E-state index contributed by atoms with van der Waals surface area (Å²) >= 11 is 1.35. The number of carbonyl (C=O) groups is 2. The molecule has 7 heteroatoms. The lowest BCUT2D eigenvalue weighted by Gasteiger charge is -2.27. The molecular formula is C28H36N4O2S. The largest absolute Gasteiger partial charge is 0.338 e. The Morgan fingerprint density at radius 1 is 1.06 bits per heavy atom. The van der Waals surface area contributed by atoms with Crippen LogP contribution in [0.2, 0.25) is 0 Å². The fraction of sp³-hybridized carbons (Fsp3) is 0.429. The number of hydrogen-bond acceptors (Lipinski definition) is 5. The van der Waals surface area contributed by atoms with Crippen LogP contribution in [0.5, 0.6) is 0 Å². The van der Waals surface area contributed by atoms with Crippen LogP contribution in [-0.2, 0) is 16.1 Å². The minimum Gasteiger partial charge on any atom is -0.338 e. The molecule has 0 saturated heterocycles.